The number of hydrogen-bond acceptors (Lipinski definition) is 4. The number of hydrogen-bond donors (Lipinski definition) is 0. The van der Waals surface area contributed by atoms with Gasteiger partial charge in [-0.2, -0.15) is 0 Å². The van der Waals surface area contributed by atoms with Gasteiger partial charge in [0.05, 0.1) is 26.7 Å². The molecule has 4 nitrogen and oxygen atoms in total. The van der Waals surface area contributed by atoms with E-state index in [4.69, 9.17) is 9.47 Å². The maximum Gasteiger partial charge on any atom is 0.227 e. The lowest BCUT2D eigenvalue weighted by Gasteiger charge is -2.37. The molecule has 2 aromatic carbocycles. The van der Waals surface area contributed by atoms with E-state index < -0.39 is 0 Å². The number of benzene rings is 2. The van der Waals surface area contributed by atoms with Gasteiger partial charge in [0, 0.05) is 11.4 Å². The van der Waals surface area contributed by atoms with Crippen LogP contribution in [0.5, 0.6) is 11.5 Å². The third-order valence-electron chi connectivity index (χ3n) is 5.28. The zero-order valence-electron chi connectivity index (χ0n) is 16.4. The second-order valence-electron chi connectivity index (χ2n) is 6.96. The minimum Gasteiger partial charge on any atom is -0.493 e. The van der Waals surface area contributed by atoms with Crippen LogP contribution in [0.4, 0.5) is 4.39 Å². The quantitative estimate of drug-likeness (QED) is 0.615. The van der Waals surface area contributed by atoms with E-state index in [1.165, 1.54) is 12.1 Å². The number of nitrogens with zero attached hydrogens (tertiary/aromatic N) is 1. The molecule has 0 aliphatic carbocycles. The summed E-state index contributed by atoms with van der Waals surface area (Å²) in [5.74, 6) is 1.07. The summed E-state index contributed by atoms with van der Waals surface area (Å²) >= 11 is 1.63. The summed E-state index contributed by atoms with van der Waals surface area (Å²) in [5.41, 5.74) is 3.02. The van der Waals surface area contributed by atoms with Crippen LogP contribution in [0.1, 0.15) is 27.6 Å². The summed E-state index contributed by atoms with van der Waals surface area (Å²) < 4.78 is 24.2. The molecule has 1 unspecified atom stereocenters. The second-order valence-corrected chi connectivity index (χ2v) is 7.94. The maximum absolute atomic E-state index is 13.2. The summed E-state index contributed by atoms with van der Waals surface area (Å²) in [7, 11) is 3.24. The van der Waals surface area contributed by atoms with E-state index in [1.807, 2.05) is 28.5 Å². The highest BCUT2D eigenvalue weighted by Gasteiger charge is 2.33. The SMILES string of the molecule is COc1cc2c(cc1OC)C(c1cccs1)N(C(=O)Cc1ccc(F)cc1)CC2. The Balaban J connectivity index is 1.71. The molecule has 0 fully saturated rings. The van der Waals surface area contributed by atoms with Crippen molar-refractivity contribution < 1.29 is 18.7 Å². The van der Waals surface area contributed by atoms with Gasteiger partial charge in [0.15, 0.2) is 11.5 Å². The molecule has 1 amide bonds. The van der Waals surface area contributed by atoms with Crippen molar-refractivity contribution in [2.45, 2.75) is 18.9 Å². The van der Waals surface area contributed by atoms with Crippen LogP contribution in [0.15, 0.2) is 53.9 Å². The highest BCUT2D eigenvalue weighted by Crippen LogP contribution is 2.42. The molecule has 0 spiro atoms. The average molecular weight is 411 g/mol. The lowest BCUT2D eigenvalue weighted by molar-refractivity contribution is -0.132. The van der Waals surface area contributed by atoms with Crippen molar-refractivity contribution in [1.29, 1.82) is 0 Å². The van der Waals surface area contributed by atoms with Crippen LogP contribution < -0.4 is 9.47 Å². The fourth-order valence-electron chi connectivity index (χ4n) is 3.85. The topological polar surface area (TPSA) is 38.8 Å². The Hall–Kier alpha value is -2.86. The summed E-state index contributed by atoms with van der Waals surface area (Å²) in [6.45, 7) is 0.616. The molecular formula is C23H22FNO3S. The molecule has 1 aliphatic heterocycles. The van der Waals surface area contributed by atoms with E-state index in [0.717, 1.165) is 28.0 Å². The van der Waals surface area contributed by atoms with Gasteiger partial charge >= 0.3 is 0 Å². The molecule has 0 bridgehead atoms. The van der Waals surface area contributed by atoms with Crippen LogP contribution >= 0.6 is 11.3 Å². The minimum atomic E-state index is -0.300. The number of ether oxygens (including phenoxy) is 2. The van der Waals surface area contributed by atoms with E-state index in [9.17, 15) is 9.18 Å². The lowest BCUT2D eigenvalue weighted by Crippen LogP contribution is -2.41. The third kappa shape index (κ3) is 3.85. The number of methoxy groups -OCH3 is 2. The highest BCUT2D eigenvalue weighted by molar-refractivity contribution is 7.10. The summed E-state index contributed by atoms with van der Waals surface area (Å²) in [6.07, 6.45) is 0.984. The Kier molecular flexibility index (Phi) is 5.53. The Morgan fingerprint density at radius 1 is 1.14 bits per heavy atom. The molecule has 4 rings (SSSR count). The third-order valence-corrected chi connectivity index (χ3v) is 6.20. The van der Waals surface area contributed by atoms with Crippen LogP contribution in [0.25, 0.3) is 0 Å². The molecule has 150 valence electrons. The van der Waals surface area contributed by atoms with Crippen molar-refractivity contribution in [1.82, 2.24) is 4.90 Å². The number of thiophene rings is 1. The first-order chi connectivity index (χ1) is 14.1. The number of amides is 1. The molecule has 0 saturated heterocycles. The van der Waals surface area contributed by atoms with Gasteiger partial charge in [0.2, 0.25) is 5.91 Å². The van der Waals surface area contributed by atoms with Gasteiger partial charge < -0.3 is 14.4 Å². The zero-order valence-corrected chi connectivity index (χ0v) is 17.2. The Morgan fingerprint density at radius 2 is 1.86 bits per heavy atom. The molecule has 6 heteroatoms. The van der Waals surface area contributed by atoms with Crippen molar-refractivity contribution in [3.63, 3.8) is 0 Å². The molecule has 2 heterocycles. The van der Waals surface area contributed by atoms with Crippen molar-refractivity contribution >= 4 is 17.2 Å². The van der Waals surface area contributed by atoms with E-state index >= 15 is 0 Å². The molecule has 0 radical (unpaired) electrons. The Morgan fingerprint density at radius 3 is 2.52 bits per heavy atom. The van der Waals surface area contributed by atoms with E-state index in [0.29, 0.717) is 18.0 Å². The summed E-state index contributed by atoms with van der Waals surface area (Å²) in [6, 6.07) is 14.0. The van der Waals surface area contributed by atoms with Crippen LogP contribution in [0.3, 0.4) is 0 Å². The highest BCUT2D eigenvalue weighted by atomic mass is 32.1. The predicted molar refractivity (Wildman–Crippen MR) is 111 cm³/mol. The Labute approximate surface area is 173 Å². The molecule has 0 N–H and O–H groups in total. The van der Waals surface area contributed by atoms with Gasteiger partial charge in [-0.1, -0.05) is 18.2 Å². The molecular weight excluding hydrogens is 389 g/mol. The lowest BCUT2D eigenvalue weighted by atomic mass is 9.90. The van der Waals surface area contributed by atoms with Crippen molar-refractivity contribution in [2.24, 2.45) is 0 Å². The van der Waals surface area contributed by atoms with Crippen LogP contribution in [-0.2, 0) is 17.6 Å². The first kappa shape index (κ1) is 19.5. The van der Waals surface area contributed by atoms with Crippen LogP contribution in [0, 0.1) is 5.82 Å². The standard InChI is InChI=1S/C23H22FNO3S/c1-27-19-13-16-9-10-25(22(26)12-15-5-7-17(24)8-6-15)23(21-4-3-11-29-21)18(16)14-20(19)28-2/h3-8,11,13-14,23H,9-10,12H2,1-2H3. The van der Waals surface area contributed by atoms with E-state index in [2.05, 4.69) is 6.07 Å². The van der Waals surface area contributed by atoms with Crippen molar-refractivity contribution in [3.05, 3.63) is 81.3 Å². The van der Waals surface area contributed by atoms with Gasteiger partial charge in [-0.3, -0.25) is 4.79 Å². The fraction of sp³-hybridized carbons (Fsp3) is 0.261. The first-order valence-electron chi connectivity index (χ1n) is 9.43. The largest absolute Gasteiger partial charge is 0.493 e. The normalized spacial score (nSPS) is 15.7. The summed E-state index contributed by atoms with van der Waals surface area (Å²) in [4.78, 5) is 16.2. The molecule has 1 aliphatic rings. The van der Waals surface area contributed by atoms with Crippen molar-refractivity contribution in [2.75, 3.05) is 20.8 Å². The van der Waals surface area contributed by atoms with Gasteiger partial charge in [-0.05, 0) is 58.8 Å². The molecule has 29 heavy (non-hydrogen) atoms. The van der Waals surface area contributed by atoms with Crippen LogP contribution in [-0.4, -0.2) is 31.6 Å². The maximum atomic E-state index is 13.2. The number of halogens is 1. The first-order valence-corrected chi connectivity index (χ1v) is 10.3. The Bertz CT molecular complexity index is 1000. The van der Waals surface area contributed by atoms with Crippen molar-refractivity contribution in [3.8, 4) is 11.5 Å². The fourth-order valence-corrected chi connectivity index (χ4v) is 4.70. The average Bonchev–Trinajstić information content (AvgIpc) is 3.27. The van der Waals surface area contributed by atoms with Gasteiger partial charge in [0.1, 0.15) is 5.82 Å². The van der Waals surface area contributed by atoms with Crippen LogP contribution in [0.2, 0.25) is 0 Å². The number of carbonyl (C=O) groups excluding carboxylic acids is 1. The molecule has 1 atom stereocenters. The van der Waals surface area contributed by atoms with Gasteiger partial charge in [-0.15, -0.1) is 11.3 Å². The number of fused-ring (bicyclic) bond motifs is 1. The molecule has 1 aromatic heterocycles. The molecule has 0 saturated carbocycles. The molecule has 3 aromatic rings. The second kappa shape index (κ2) is 8.25. The predicted octanol–water partition coefficient (Wildman–Crippen LogP) is 4.62. The summed E-state index contributed by atoms with van der Waals surface area (Å²) in [5, 5.41) is 2.02. The zero-order chi connectivity index (χ0) is 20.4. The smallest absolute Gasteiger partial charge is 0.227 e. The van der Waals surface area contributed by atoms with E-state index in [-0.39, 0.29) is 24.2 Å². The number of carbonyl (C=O) groups is 1. The monoisotopic (exact) mass is 411 g/mol. The van der Waals surface area contributed by atoms with Gasteiger partial charge in [0.25, 0.3) is 0 Å². The number of rotatable bonds is 5. The van der Waals surface area contributed by atoms with E-state index in [1.54, 1.807) is 37.7 Å². The minimum absolute atomic E-state index is 0.0236. The van der Waals surface area contributed by atoms with Gasteiger partial charge in [-0.25, -0.2) is 4.39 Å².